The number of hydrogen-bond acceptors (Lipinski definition) is 4. The van der Waals surface area contributed by atoms with E-state index in [1.165, 1.54) is 38.4 Å². The maximum atomic E-state index is 13.9. The van der Waals surface area contributed by atoms with Crippen molar-refractivity contribution < 1.29 is 17.6 Å². The normalized spacial score (nSPS) is 11.9. The fourth-order valence-electron chi connectivity index (χ4n) is 2.85. The van der Waals surface area contributed by atoms with E-state index in [4.69, 9.17) is 0 Å². The number of hydrogen-bond donors (Lipinski definition) is 1. The summed E-state index contributed by atoms with van der Waals surface area (Å²) in [6.07, 6.45) is 0.431. The summed E-state index contributed by atoms with van der Waals surface area (Å²) in [6, 6.07) is 9.15. The molecular formula is C19H20BrFN4O3S. The second kappa shape index (κ2) is 8.21. The van der Waals surface area contributed by atoms with Crippen LogP contribution in [0.4, 0.5) is 10.1 Å². The molecule has 0 saturated carbocycles. The zero-order valence-corrected chi connectivity index (χ0v) is 18.5. The van der Waals surface area contributed by atoms with Gasteiger partial charge >= 0.3 is 0 Å². The SMILES string of the molecule is CN(C)S(=O)(=O)c1ccc2c(c1)nc(CCC(=O)Nc1ccc(Br)cc1F)n2C. The van der Waals surface area contributed by atoms with Gasteiger partial charge in [0.15, 0.2) is 0 Å². The third-order valence-corrected chi connectivity index (χ3v) is 6.81. The molecule has 0 spiro atoms. The molecule has 0 aliphatic rings. The van der Waals surface area contributed by atoms with Crippen molar-refractivity contribution >= 4 is 48.6 Å². The number of rotatable bonds is 6. The monoisotopic (exact) mass is 482 g/mol. The molecule has 1 heterocycles. The van der Waals surface area contributed by atoms with Gasteiger partial charge in [-0.1, -0.05) is 15.9 Å². The summed E-state index contributed by atoms with van der Waals surface area (Å²) in [5, 5.41) is 2.55. The maximum Gasteiger partial charge on any atom is 0.242 e. The van der Waals surface area contributed by atoms with Crippen LogP contribution in [-0.2, 0) is 28.3 Å². The average molecular weight is 483 g/mol. The lowest BCUT2D eigenvalue weighted by molar-refractivity contribution is -0.116. The summed E-state index contributed by atoms with van der Waals surface area (Å²) in [4.78, 5) is 16.8. The molecule has 0 atom stereocenters. The number of aryl methyl sites for hydroxylation is 2. The highest BCUT2D eigenvalue weighted by Crippen LogP contribution is 2.22. The summed E-state index contributed by atoms with van der Waals surface area (Å²) in [6.45, 7) is 0. The lowest BCUT2D eigenvalue weighted by Gasteiger charge is -2.10. The molecule has 3 aromatic rings. The summed E-state index contributed by atoms with van der Waals surface area (Å²) in [5.41, 5.74) is 1.41. The Morgan fingerprint density at radius 2 is 1.97 bits per heavy atom. The molecule has 1 aromatic heterocycles. The highest BCUT2D eigenvalue weighted by Gasteiger charge is 2.19. The summed E-state index contributed by atoms with van der Waals surface area (Å²) in [7, 11) is 1.18. The molecule has 7 nitrogen and oxygen atoms in total. The largest absolute Gasteiger partial charge is 0.331 e. The number of carbonyl (C=O) groups excluding carboxylic acids is 1. The van der Waals surface area contributed by atoms with Crippen LogP contribution in [0.5, 0.6) is 0 Å². The Morgan fingerprint density at radius 1 is 1.24 bits per heavy atom. The number of sulfonamides is 1. The summed E-state index contributed by atoms with van der Waals surface area (Å²) < 4.78 is 42.0. The Balaban J connectivity index is 1.76. The van der Waals surface area contributed by atoms with Gasteiger partial charge in [0.2, 0.25) is 15.9 Å². The van der Waals surface area contributed by atoms with Crippen molar-refractivity contribution in [2.24, 2.45) is 7.05 Å². The van der Waals surface area contributed by atoms with Crippen LogP contribution in [0.25, 0.3) is 11.0 Å². The van der Waals surface area contributed by atoms with Crippen LogP contribution in [0.3, 0.4) is 0 Å². The van der Waals surface area contributed by atoms with Crippen LogP contribution >= 0.6 is 15.9 Å². The number of anilines is 1. The van der Waals surface area contributed by atoms with Gasteiger partial charge in [0, 0.05) is 38.5 Å². The zero-order valence-electron chi connectivity index (χ0n) is 16.1. The first-order valence-corrected chi connectivity index (χ1v) is 11.0. The van der Waals surface area contributed by atoms with Crippen molar-refractivity contribution in [3.05, 3.63) is 52.5 Å². The topological polar surface area (TPSA) is 84.3 Å². The van der Waals surface area contributed by atoms with E-state index >= 15 is 0 Å². The molecule has 1 amide bonds. The van der Waals surface area contributed by atoms with E-state index in [0.29, 0.717) is 22.2 Å². The number of halogens is 2. The lowest BCUT2D eigenvalue weighted by atomic mass is 10.2. The Labute approximate surface area is 176 Å². The van der Waals surface area contributed by atoms with Crippen molar-refractivity contribution in [1.29, 1.82) is 0 Å². The number of carbonyl (C=O) groups is 1. The molecule has 3 rings (SSSR count). The van der Waals surface area contributed by atoms with E-state index in [9.17, 15) is 17.6 Å². The number of imidazole rings is 1. The lowest BCUT2D eigenvalue weighted by Crippen LogP contribution is -2.22. The molecule has 0 saturated heterocycles. The Kier molecular flexibility index (Phi) is 6.06. The minimum absolute atomic E-state index is 0.107. The minimum atomic E-state index is -3.56. The van der Waals surface area contributed by atoms with Gasteiger partial charge in [-0.15, -0.1) is 0 Å². The van der Waals surface area contributed by atoms with Crippen LogP contribution in [0, 0.1) is 5.82 Å². The second-order valence-corrected chi connectivity index (χ2v) is 9.76. The third-order valence-electron chi connectivity index (χ3n) is 4.50. The first-order chi connectivity index (χ1) is 13.6. The van der Waals surface area contributed by atoms with Gasteiger partial charge in [-0.3, -0.25) is 4.79 Å². The first kappa shape index (κ1) is 21.4. The predicted octanol–water partition coefficient (Wildman–Crippen LogP) is 3.30. The summed E-state index contributed by atoms with van der Waals surface area (Å²) >= 11 is 3.17. The van der Waals surface area contributed by atoms with Crippen molar-refractivity contribution in [3.63, 3.8) is 0 Å². The quantitative estimate of drug-likeness (QED) is 0.583. The second-order valence-electron chi connectivity index (χ2n) is 6.70. The molecular weight excluding hydrogens is 463 g/mol. The molecule has 0 aliphatic heterocycles. The average Bonchev–Trinajstić information content (AvgIpc) is 2.97. The third kappa shape index (κ3) is 4.49. The van der Waals surface area contributed by atoms with Crippen molar-refractivity contribution in [2.45, 2.75) is 17.7 Å². The van der Waals surface area contributed by atoms with Gasteiger partial charge < -0.3 is 9.88 Å². The van der Waals surface area contributed by atoms with Gasteiger partial charge in [0.25, 0.3) is 0 Å². The van der Waals surface area contributed by atoms with Crippen LogP contribution in [0.1, 0.15) is 12.2 Å². The van der Waals surface area contributed by atoms with Gasteiger partial charge in [-0.2, -0.15) is 0 Å². The van der Waals surface area contributed by atoms with Gasteiger partial charge in [0.1, 0.15) is 11.6 Å². The number of aromatic nitrogens is 2. The van der Waals surface area contributed by atoms with E-state index in [1.807, 2.05) is 4.57 Å². The molecule has 0 unspecified atom stereocenters. The van der Waals surface area contributed by atoms with Gasteiger partial charge in [-0.25, -0.2) is 22.1 Å². The number of benzene rings is 2. The number of nitrogens with one attached hydrogen (secondary N) is 1. The fraction of sp³-hybridized carbons (Fsp3) is 0.263. The number of fused-ring (bicyclic) bond motifs is 1. The van der Waals surface area contributed by atoms with Crippen molar-refractivity contribution in [1.82, 2.24) is 13.9 Å². The van der Waals surface area contributed by atoms with Gasteiger partial charge in [0.05, 0.1) is 21.6 Å². The number of nitrogens with zero attached hydrogens (tertiary/aromatic N) is 3. The van der Waals surface area contributed by atoms with Crippen molar-refractivity contribution in [2.75, 3.05) is 19.4 Å². The van der Waals surface area contributed by atoms with E-state index in [0.717, 1.165) is 9.82 Å². The zero-order chi connectivity index (χ0) is 21.3. The van der Waals surface area contributed by atoms with Gasteiger partial charge in [-0.05, 0) is 36.4 Å². The molecule has 0 radical (unpaired) electrons. The molecule has 0 aliphatic carbocycles. The highest BCUT2D eigenvalue weighted by molar-refractivity contribution is 9.10. The Morgan fingerprint density at radius 3 is 2.62 bits per heavy atom. The molecule has 0 fully saturated rings. The Bertz CT molecular complexity index is 1190. The predicted molar refractivity (Wildman–Crippen MR) is 113 cm³/mol. The maximum absolute atomic E-state index is 13.9. The highest BCUT2D eigenvalue weighted by atomic mass is 79.9. The van der Waals surface area contributed by atoms with Crippen molar-refractivity contribution in [3.8, 4) is 0 Å². The number of amides is 1. The van der Waals surface area contributed by atoms with Crippen LogP contribution < -0.4 is 5.32 Å². The minimum Gasteiger partial charge on any atom is -0.331 e. The van der Waals surface area contributed by atoms with Crippen LogP contribution in [0.15, 0.2) is 45.8 Å². The molecule has 10 heteroatoms. The molecule has 2 aromatic carbocycles. The summed E-state index contributed by atoms with van der Waals surface area (Å²) in [5.74, 6) is -0.231. The smallest absolute Gasteiger partial charge is 0.242 e. The Hall–Kier alpha value is -2.30. The molecule has 0 bridgehead atoms. The fourth-order valence-corrected chi connectivity index (χ4v) is 4.11. The van der Waals surface area contributed by atoms with E-state index in [-0.39, 0.29) is 22.9 Å². The molecule has 1 N–H and O–H groups in total. The van der Waals surface area contributed by atoms with Crippen LogP contribution in [-0.4, -0.2) is 42.3 Å². The van der Waals surface area contributed by atoms with E-state index in [2.05, 4.69) is 26.2 Å². The van der Waals surface area contributed by atoms with E-state index in [1.54, 1.807) is 19.2 Å². The van der Waals surface area contributed by atoms with Crippen LogP contribution in [0.2, 0.25) is 0 Å². The standard InChI is InChI=1S/C19H20BrFN4O3S/c1-24(2)29(27,28)13-5-7-17-16(11-13)22-18(25(17)3)8-9-19(26)23-15-6-4-12(20)10-14(15)21/h4-7,10-11H,8-9H2,1-3H3,(H,23,26). The molecule has 154 valence electrons. The van der Waals surface area contributed by atoms with E-state index < -0.39 is 15.8 Å². The molecule has 29 heavy (non-hydrogen) atoms. The first-order valence-electron chi connectivity index (χ1n) is 8.72.